The maximum absolute atomic E-state index is 10.9. The van der Waals surface area contributed by atoms with E-state index in [2.05, 4.69) is 22.0 Å². The molecule has 1 amide bonds. The number of hydrogen-bond acceptors (Lipinski definition) is 3. The predicted octanol–water partition coefficient (Wildman–Crippen LogP) is 1.05. The molecule has 0 radical (unpaired) electrons. The molecule has 4 nitrogen and oxygen atoms in total. The van der Waals surface area contributed by atoms with Crippen molar-refractivity contribution in [3.8, 4) is 0 Å². The Morgan fingerprint density at radius 3 is 2.65 bits per heavy atom. The summed E-state index contributed by atoms with van der Waals surface area (Å²) < 4.78 is 0. The third-order valence-electron chi connectivity index (χ3n) is 3.50. The molecule has 1 aliphatic rings. The van der Waals surface area contributed by atoms with Gasteiger partial charge < -0.3 is 16.0 Å². The molecule has 0 saturated carbocycles. The van der Waals surface area contributed by atoms with Crippen molar-refractivity contribution in [1.82, 2.24) is 10.6 Å². The first-order chi connectivity index (χ1) is 8.32. The fourth-order valence-electron chi connectivity index (χ4n) is 2.58. The van der Waals surface area contributed by atoms with Crippen molar-refractivity contribution in [3.63, 3.8) is 0 Å². The highest BCUT2D eigenvalue weighted by Crippen LogP contribution is 2.34. The van der Waals surface area contributed by atoms with E-state index in [9.17, 15) is 4.79 Å². The maximum Gasteiger partial charge on any atom is 0.207 e. The van der Waals surface area contributed by atoms with E-state index in [1.165, 1.54) is 5.56 Å². The van der Waals surface area contributed by atoms with E-state index >= 15 is 0 Å². The number of amides is 1. The first kappa shape index (κ1) is 11.9. The molecular weight excluding hydrogens is 214 g/mol. The van der Waals surface area contributed by atoms with E-state index in [1.807, 2.05) is 25.2 Å². The second kappa shape index (κ2) is 5.19. The van der Waals surface area contributed by atoms with Crippen molar-refractivity contribution >= 4 is 12.1 Å². The van der Waals surface area contributed by atoms with Crippen LogP contribution in [0.1, 0.15) is 18.4 Å². The zero-order valence-corrected chi connectivity index (χ0v) is 10.1. The lowest BCUT2D eigenvalue weighted by atomic mass is 9.80. The number of carbonyl (C=O) groups excluding carboxylic acids is 1. The second-order valence-corrected chi connectivity index (χ2v) is 4.39. The topological polar surface area (TPSA) is 53.2 Å². The Hall–Kier alpha value is -1.55. The van der Waals surface area contributed by atoms with Gasteiger partial charge in [0.2, 0.25) is 6.41 Å². The third-order valence-corrected chi connectivity index (χ3v) is 3.50. The van der Waals surface area contributed by atoms with E-state index in [0.29, 0.717) is 0 Å². The summed E-state index contributed by atoms with van der Waals surface area (Å²) in [6.07, 6.45) is 2.66. The fourth-order valence-corrected chi connectivity index (χ4v) is 2.58. The Morgan fingerprint density at radius 1 is 1.29 bits per heavy atom. The normalized spacial score (nSPS) is 18.4. The van der Waals surface area contributed by atoms with Crippen LogP contribution in [-0.2, 0) is 10.3 Å². The molecule has 0 atom stereocenters. The van der Waals surface area contributed by atoms with E-state index in [4.69, 9.17) is 0 Å². The highest BCUT2D eigenvalue weighted by molar-refractivity contribution is 5.58. The highest BCUT2D eigenvalue weighted by atomic mass is 16.1. The van der Waals surface area contributed by atoms with Crippen molar-refractivity contribution in [2.24, 2.45) is 0 Å². The van der Waals surface area contributed by atoms with Crippen molar-refractivity contribution in [2.75, 3.05) is 25.5 Å². The standard InChI is InChI=1S/C13H19N3O/c1-14-12-5-3-2-4-11(12)13(16-10-17)6-8-15-9-7-13/h2-5,10,14-15H,6-9H2,1H3,(H,16,17). The minimum Gasteiger partial charge on any atom is -0.388 e. The van der Waals surface area contributed by atoms with Gasteiger partial charge in [-0.2, -0.15) is 0 Å². The van der Waals surface area contributed by atoms with Crippen LogP contribution in [-0.4, -0.2) is 26.5 Å². The van der Waals surface area contributed by atoms with Gasteiger partial charge in [0.05, 0.1) is 5.54 Å². The molecule has 17 heavy (non-hydrogen) atoms. The van der Waals surface area contributed by atoms with Crippen LogP contribution in [0.3, 0.4) is 0 Å². The summed E-state index contributed by atoms with van der Waals surface area (Å²) in [6.45, 7) is 1.86. The number of rotatable bonds is 4. The Kier molecular flexibility index (Phi) is 3.64. The van der Waals surface area contributed by atoms with E-state index in [1.54, 1.807) is 0 Å². The van der Waals surface area contributed by atoms with Gasteiger partial charge in [0.25, 0.3) is 0 Å². The molecule has 1 aromatic rings. The smallest absolute Gasteiger partial charge is 0.207 e. The van der Waals surface area contributed by atoms with Crippen LogP contribution in [0.15, 0.2) is 24.3 Å². The maximum atomic E-state index is 10.9. The van der Waals surface area contributed by atoms with Crippen molar-refractivity contribution in [1.29, 1.82) is 0 Å². The van der Waals surface area contributed by atoms with Gasteiger partial charge in [-0.25, -0.2) is 0 Å². The molecule has 0 bridgehead atoms. The Balaban J connectivity index is 2.40. The average molecular weight is 233 g/mol. The number of benzene rings is 1. The zero-order chi connectivity index (χ0) is 12.1. The van der Waals surface area contributed by atoms with E-state index in [0.717, 1.165) is 38.0 Å². The molecule has 0 unspecified atom stereocenters. The Bertz CT molecular complexity index is 386. The molecule has 1 saturated heterocycles. The minimum absolute atomic E-state index is 0.230. The van der Waals surface area contributed by atoms with Crippen LogP contribution in [0.2, 0.25) is 0 Å². The third kappa shape index (κ3) is 2.26. The number of hydrogen-bond donors (Lipinski definition) is 3. The van der Waals surface area contributed by atoms with Crippen LogP contribution >= 0.6 is 0 Å². The lowest BCUT2D eigenvalue weighted by Crippen LogP contribution is -2.49. The Morgan fingerprint density at radius 2 is 2.00 bits per heavy atom. The van der Waals surface area contributed by atoms with Gasteiger partial charge in [-0.05, 0) is 32.0 Å². The molecule has 0 aliphatic carbocycles. The zero-order valence-electron chi connectivity index (χ0n) is 10.1. The second-order valence-electron chi connectivity index (χ2n) is 4.39. The molecule has 3 N–H and O–H groups in total. The van der Waals surface area contributed by atoms with Crippen LogP contribution in [0.5, 0.6) is 0 Å². The summed E-state index contributed by atoms with van der Waals surface area (Å²) in [6, 6.07) is 8.16. The molecule has 4 heteroatoms. The molecule has 1 aromatic carbocycles. The van der Waals surface area contributed by atoms with E-state index < -0.39 is 0 Å². The van der Waals surface area contributed by atoms with Crippen LogP contribution in [0.25, 0.3) is 0 Å². The molecule has 1 heterocycles. The predicted molar refractivity (Wildman–Crippen MR) is 69.0 cm³/mol. The molecule has 1 fully saturated rings. The van der Waals surface area contributed by atoms with Gasteiger partial charge in [-0.3, -0.25) is 4.79 Å². The van der Waals surface area contributed by atoms with Crippen LogP contribution < -0.4 is 16.0 Å². The minimum atomic E-state index is -0.230. The number of anilines is 1. The van der Waals surface area contributed by atoms with Crippen LogP contribution in [0, 0.1) is 0 Å². The monoisotopic (exact) mass is 233 g/mol. The number of nitrogens with one attached hydrogen (secondary N) is 3. The molecule has 92 valence electrons. The summed E-state index contributed by atoms with van der Waals surface area (Å²) in [5.74, 6) is 0. The number of carbonyl (C=O) groups is 1. The van der Waals surface area contributed by atoms with Crippen LogP contribution in [0.4, 0.5) is 5.69 Å². The Labute approximate surface area is 102 Å². The SMILES string of the molecule is CNc1ccccc1C1(NC=O)CCNCC1. The highest BCUT2D eigenvalue weighted by Gasteiger charge is 2.34. The molecule has 1 aliphatic heterocycles. The number of para-hydroxylation sites is 1. The first-order valence-electron chi connectivity index (χ1n) is 6.02. The summed E-state index contributed by atoms with van der Waals surface area (Å²) in [5.41, 5.74) is 2.03. The van der Waals surface area contributed by atoms with Gasteiger partial charge in [0.15, 0.2) is 0 Å². The van der Waals surface area contributed by atoms with Gasteiger partial charge in [-0.15, -0.1) is 0 Å². The molecular formula is C13H19N3O. The molecule has 0 spiro atoms. The summed E-state index contributed by atoms with van der Waals surface area (Å²) >= 11 is 0. The quantitative estimate of drug-likeness (QED) is 0.681. The van der Waals surface area contributed by atoms with Gasteiger partial charge in [0, 0.05) is 18.3 Å². The average Bonchev–Trinajstić information content (AvgIpc) is 2.40. The fraction of sp³-hybridized carbons (Fsp3) is 0.462. The lowest BCUT2D eigenvalue weighted by Gasteiger charge is -2.38. The summed E-state index contributed by atoms with van der Waals surface area (Å²) in [7, 11) is 1.91. The van der Waals surface area contributed by atoms with Crippen molar-refractivity contribution in [3.05, 3.63) is 29.8 Å². The lowest BCUT2D eigenvalue weighted by molar-refractivity contribution is -0.111. The van der Waals surface area contributed by atoms with E-state index in [-0.39, 0.29) is 5.54 Å². The van der Waals surface area contributed by atoms with Gasteiger partial charge in [-0.1, -0.05) is 18.2 Å². The molecule has 0 aromatic heterocycles. The summed E-state index contributed by atoms with van der Waals surface area (Å²) in [4.78, 5) is 10.9. The van der Waals surface area contributed by atoms with Crippen molar-refractivity contribution in [2.45, 2.75) is 18.4 Å². The number of piperidine rings is 1. The van der Waals surface area contributed by atoms with Gasteiger partial charge >= 0.3 is 0 Å². The van der Waals surface area contributed by atoms with Crippen molar-refractivity contribution < 1.29 is 4.79 Å². The largest absolute Gasteiger partial charge is 0.388 e. The first-order valence-corrected chi connectivity index (χ1v) is 6.02. The van der Waals surface area contributed by atoms with Gasteiger partial charge in [0.1, 0.15) is 0 Å². The molecule has 2 rings (SSSR count). The summed E-state index contributed by atoms with van der Waals surface area (Å²) in [5, 5.41) is 9.56.